The number of nitrogen functional groups attached to an aromatic ring is 1. The molecule has 0 saturated carbocycles. The summed E-state index contributed by atoms with van der Waals surface area (Å²) in [6.45, 7) is 7.66. The van der Waals surface area contributed by atoms with Crippen LogP contribution in [0.25, 0.3) is 0 Å². The number of carbonyl (C=O) groups excluding carboxylic acids is 1. The average molecular weight is 300 g/mol. The molecule has 2 amide bonds. The fourth-order valence-corrected chi connectivity index (χ4v) is 2.02. The number of nitrogens with one attached hydrogen (secondary N) is 2. The van der Waals surface area contributed by atoms with E-state index in [0.717, 1.165) is 10.0 Å². The number of aryl methyl sites for hydroxylation is 1. The molecule has 0 spiro atoms. The van der Waals surface area contributed by atoms with Gasteiger partial charge in [-0.15, -0.1) is 0 Å². The Morgan fingerprint density at radius 3 is 2.41 bits per heavy atom. The van der Waals surface area contributed by atoms with Gasteiger partial charge in [0.1, 0.15) is 0 Å². The first kappa shape index (κ1) is 13.8. The number of nitrogens with two attached hydrogens (primary N) is 1. The molecule has 94 valence electrons. The van der Waals surface area contributed by atoms with Crippen LogP contribution in [0.15, 0.2) is 16.6 Å². The number of hydrogen-bond acceptors (Lipinski definition) is 2. The summed E-state index contributed by atoms with van der Waals surface area (Å²) in [4.78, 5) is 11.7. The van der Waals surface area contributed by atoms with Crippen LogP contribution < -0.4 is 16.4 Å². The smallest absolute Gasteiger partial charge is 0.319 e. The lowest BCUT2D eigenvalue weighted by Crippen LogP contribution is -2.43. The standard InChI is InChI=1S/C12H18BrN3O/c1-7-5-8(13)6-9(14)10(7)15-11(17)16-12(2,3)4/h5-6H,14H2,1-4H3,(H2,15,16,17). The van der Waals surface area contributed by atoms with E-state index in [1.807, 2.05) is 33.8 Å². The number of halogens is 1. The van der Waals surface area contributed by atoms with Gasteiger partial charge in [-0.3, -0.25) is 0 Å². The molecule has 0 aromatic heterocycles. The Morgan fingerprint density at radius 2 is 1.94 bits per heavy atom. The molecule has 0 heterocycles. The van der Waals surface area contributed by atoms with Crippen LogP contribution in [0.3, 0.4) is 0 Å². The molecule has 4 N–H and O–H groups in total. The topological polar surface area (TPSA) is 67.1 Å². The average Bonchev–Trinajstić information content (AvgIpc) is 2.08. The highest BCUT2D eigenvalue weighted by molar-refractivity contribution is 9.10. The van der Waals surface area contributed by atoms with Crippen LogP contribution in [0, 0.1) is 6.92 Å². The van der Waals surface area contributed by atoms with Crippen LogP contribution in [-0.4, -0.2) is 11.6 Å². The van der Waals surface area contributed by atoms with Gasteiger partial charge in [0.25, 0.3) is 0 Å². The molecule has 5 heteroatoms. The molecule has 0 fully saturated rings. The SMILES string of the molecule is Cc1cc(Br)cc(N)c1NC(=O)NC(C)(C)C. The Labute approximate surface area is 110 Å². The van der Waals surface area contributed by atoms with Gasteiger partial charge in [-0.1, -0.05) is 15.9 Å². The zero-order valence-corrected chi connectivity index (χ0v) is 12.1. The quantitative estimate of drug-likeness (QED) is 0.697. The summed E-state index contributed by atoms with van der Waals surface area (Å²) >= 11 is 3.35. The van der Waals surface area contributed by atoms with E-state index in [4.69, 9.17) is 5.73 Å². The number of rotatable bonds is 1. The second kappa shape index (κ2) is 4.96. The summed E-state index contributed by atoms with van der Waals surface area (Å²) in [6, 6.07) is 3.41. The summed E-state index contributed by atoms with van der Waals surface area (Å²) in [6.07, 6.45) is 0. The summed E-state index contributed by atoms with van der Waals surface area (Å²) in [7, 11) is 0. The Kier molecular flexibility index (Phi) is 4.03. The van der Waals surface area contributed by atoms with Gasteiger partial charge < -0.3 is 16.4 Å². The van der Waals surface area contributed by atoms with Crippen LogP contribution in [0.1, 0.15) is 26.3 Å². The van der Waals surface area contributed by atoms with E-state index in [1.54, 1.807) is 6.07 Å². The highest BCUT2D eigenvalue weighted by atomic mass is 79.9. The molecule has 0 aliphatic rings. The van der Waals surface area contributed by atoms with Gasteiger partial charge in [0.2, 0.25) is 0 Å². The molecule has 0 radical (unpaired) electrons. The maximum Gasteiger partial charge on any atom is 0.319 e. The van der Waals surface area contributed by atoms with Crippen molar-refractivity contribution in [3.63, 3.8) is 0 Å². The van der Waals surface area contributed by atoms with Crippen molar-refractivity contribution in [1.82, 2.24) is 5.32 Å². The highest BCUT2D eigenvalue weighted by Gasteiger charge is 2.15. The third-order valence-electron chi connectivity index (χ3n) is 2.06. The molecule has 17 heavy (non-hydrogen) atoms. The van der Waals surface area contributed by atoms with Crippen molar-refractivity contribution >= 4 is 33.3 Å². The zero-order chi connectivity index (χ0) is 13.2. The molecule has 1 aromatic carbocycles. The van der Waals surface area contributed by atoms with Crippen LogP contribution in [0.2, 0.25) is 0 Å². The van der Waals surface area contributed by atoms with Crippen molar-refractivity contribution in [3.05, 3.63) is 22.2 Å². The largest absolute Gasteiger partial charge is 0.397 e. The van der Waals surface area contributed by atoms with Gasteiger partial charge >= 0.3 is 6.03 Å². The molecule has 0 atom stereocenters. The van der Waals surface area contributed by atoms with E-state index in [9.17, 15) is 4.79 Å². The van der Waals surface area contributed by atoms with Crippen molar-refractivity contribution in [2.45, 2.75) is 33.2 Å². The number of hydrogen-bond donors (Lipinski definition) is 3. The predicted octanol–water partition coefficient (Wildman–Crippen LogP) is 3.26. The first-order chi connectivity index (χ1) is 7.69. The number of urea groups is 1. The Hall–Kier alpha value is -1.23. The highest BCUT2D eigenvalue weighted by Crippen LogP contribution is 2.27. The van der Waals surface area contributed by atoms with Crippen LogP contribution >= 0.6 is 15.9 Å². The first-order valence-electron chi connectivity index (χ1n) is 5.34. The monoisotopic (exact) mass is 299 g/mol. The minimum Gasteiger partial charge on any atom is -0.397 e. The number of carbonyl (C=O) groups is 1. The molecule has 0 bridgehead atoms. The fourth-order valence-electron chi connectivity index (χ4n) is 1.43. The maximum atomic E-state index is 11.7. The second-order valence-electron chi connectivity index (χ2n) is 5.02. The second-order valence-corrected chi connectivity index (χ2v) is 5.93. The molecule has 1 aromatic rings. The van der Waals surface area contributed by atoms with E-state index >= 15 is 0 Å². The Bertz CT molecular complexity index is 415. The van der Waals surface area contributed by atoms with Crippen molar-refractivity contribution in [1.29, 1.82) is 0 Å². The first-order valence-corrected chi connectivity index (χ1v) is 6.13. The predicted molar refractivity (Wildman–Crippen MR) is 75.2 cm³/mol. The van der Waals surface area contributed by atoms with E-state index in [0.29, 0.717) is 11.4 Å². The van der Waals surface area contributed by atoms with Crippen molar-refractivity contribution in [2.75, 3.05) is 11.1 Å². The Morgan fingerprint density at radius 1 is 1.35 bits per heavy atom. The summed E-state index contributed by atoms with van der Waals surface area (Å²) in [5.74, 6) is 0. The number of benzene rings is 1. The van der Waals surface area contributed by atoms with Crippen LogP contribution in [-0.2, 0) is 0 Å². The van der Waals surface area contributed by atoms with E-state index in [2.05, 4.69) is 26.6 Å². The van der Waals surface area contributed by atoms with Crippen molar-refractivity contribution < 1.29 is 4.79 Å². The van der Waals surface area contributed by atoms with Gasteiger partial charge in [0.05, 0.1) is 11.4 Å². The maximum absolute atomic E-state index is 11.7. The minimum absolute atomic E-state index is 0.255. The normalized spacial score (nSPS) is 11.1. The van der Waals surface area contributed by atoms with Gasteiger partial charge in [-0.05, 0) is 45.4 Å². The van der Waals surface area contributed by atoms with Gasteiger partial charge in [0, 0.05) is 10.0 Å². The lowest BCUT2D eigenvalue weighted by Gasteiger charge is -2.21. The lowest BCUT2D eigenvalue weighted by molar-refractivity contribution is 0.244. The molecule has 4 nitrogen and oxygen atoms in total. The fraction of sp³-hybridized carbons (Fsp3) is 0.417. The molecule has 0 aliphatic heterocycles. The summed E-state index contributed by atoms with van der Waals surface area (Å²) in [5.41, 5.74) is 7.69. The molecule has 1 rings (SSSR count). The lowest BCUT2D eigenvalue weighted by atomic mass is 10.1. The molecule has 0 aliphatic carbocycles. The minimum atomic E-state index is -0.276. The third kappa shape index (κ3) is 4.26. The number of amides is 2. The summed E-state index contributed by atoms with van der Waals surface area (Å²) in [5, 5.41) is 5.59. The molecule has 0 unspecified atom stereocenters. The van der Waals surface area contributed by atoms with Gasteiger partial charge in [-0.2, -0.15) is 0 Å². The van der Waals surface area contributed by atoms with E-state index in [-0.39, 0.29) is 11.6 Å². The summed E-state index contributed by atoms with van der Waals surface area (Å²) < 4.78 is 0.897. The molecule has 0 saturated heterocycles. The van der Waals surface area contributed by atoms with Crippen LogP contribution in [0.4, 0.5) is 16.2 Å². The zero-order valence-electron chi connectivity index (χ0n) is 10.5. The molecular formula is C12H18BrN3O. The van der Waals surface area contributed by atoms with Crippen LogP contribution in [0.5, 0.6) is 0 Å². The van der Waals surface area contributed by atoms with Gasteiger partial charge in [0.15, 0.2) is 0 Å². The van der Waals surface area contributed by atoms with Gasteiger partial charge in [-0.25, -0.2) is 4.79 Å². The van der Waals surface area contributed by atoms with E-state index < -0.39 is 0 Å². The third-order valence-corrected chi connectivity index (χ3v) is 2.52. The molecular weight excluding hydrogens is 282 g/mol. The Balaban J connectivity index is 2.86. The van der Waals surface area contributed by atoms with Crippen molar-refractivity contribution in [3.8, 4) is 0 Å². The van der Waals surface area contributed by atoms with Crippen molar-refractivity contribution in [2.24, 2.45) is 0 Å². The van der Waals surface area contributed by atoms with E-state index in [1.165, 1.54) is 0 Å². The number of anilines is 2.